The largest absolute Gasteiger partial charge is 0.481 e. The summed E-state index contributed by atoms with van der Waals surface area (Å²) in [6.07, 6.45) is 4.46. The molecule has 6 heteroatoms. The van der Waals surface area contributed by atoms with Crippen LogP contribution in [0.4, 0.5) is 4.79 Å². The first-order valence-electron chi connectivity index (χ1n) is 7.88. The maximum Gasteiger partial charge on any atom is 0.317 e. The number of hydrogen-bond donors (Lipinski definition) is 3. The summed E-state index contributed by atoms with van der Waals surface area (Å²) in [5, 5.41) is 20.5. The summed E-state index contributed by atoms with van der Waals surface area (Å²) in [6.45, 7) is 4.28. The van der Waals surface area contributed by atoms with Crippen LogP contribution in [-0.2, 0) is 4.79 Å². The van der Waals surface area contributed by atoms with E-state index in [2.05, 4.69) is 5.32 Å². The standard InChI is InChI=1S/C15H28N2O4/c1-12(4-5-14(19)20)6-8-16-15(21)17-9-2-3-13(11-17)7-10-18/h12-13,18H,2-11H2,1H3,(H,16,21)(H,19,20). The molecule has 122 valence electrons. The van der Waals surface area contributed by atoms with Crippen molar-refractivity contribution in [1.29, 1.82) is 0 Å². The molecule has 0 radical (unpaired) electrons. The van der Waals surface area contributed by atoms with Crippen molar-refractivity contribution >= 4 is 12.0 Å². The summed E-state index contributed by atoms with van der Waals surface area (Å²) in [5.41, 5.74) is 0. The van der Waals surface area contributed by atoms with Gasteiger partial charge in [0.25, 0.3) is 0 Å². The molecule has 0 aromatic rings. The molecule has 1 heterocycles. The number of rotatable bonds is 8. The minimum Gasteiger partial charge on any atom is -0.481 e. The van der Waals surface area contributed by atoms with Crippen LogP contribution in [0.5, 0.6) is 0 Å². The number of aliphatic hydroxyl groups is 1. The number of carboxylic acid groups (broad SMARTS) is 1. The van der Waals surface area contributed by atoms with Gasteiger partial charge in [0.2, 0.25) is 0 Å². The number of likely N-dealkylation sites (tertiary alicyclic amines) is 1. The second-order valence-corrected chi connectivity index (χ2v) is 6.02. The van der Waals surface area contributed by atoms with Gasteiger partial charge in [-0.1, -0.05) is 6.92 Å². The second-order valence-electron chi connectivity index (χ2n) is 6.02. The van der Waals surface area contributed by atoms with E-state index in [1.54, 1.807) is 0 Å². The fraction of sp³-hybridized carbons (Fsp3) is 0.867. The number of nitrogens with one attached hydrogen (secondary N) is 1. The van der Waals surface area contributed by atoms with Gasteiger partial charge in [-0.3, -0.25) is 4.79 Å². The molecular formula is C15H28N2O4. The number of nitrogens with zero attached hydrogens (tertiary/aromatic N) is 1. The van der Waals surface area contributed by atoms with Crippen molar-refractivity contribution in [3.05, 3.63) is 0 Å². The Kier molecular flexibility index (Phi) is 8.12. The summed E-state index contributed by atoms with van der Waals surface area (Å²) < 4.78 is 0. The smallest absolute Gasteiger partial charge is 0.317 e. The molecule has 0 aromatic carbocycles. The molecule has 0 saturated carbocycles. The van der Waals surface area contributed by atoms with Crippen LogP contribution in [0.15, 0.2) is 0 Å². The third kappa shape index (κ3) is 7.32. The van der Waals surface area contributed by atoms with E-state index in [-0.39, 0.29) is 19.1 Å². The monoisotopic (exact) mass is 300 g/mol. The fourth-order valence-electron chi connectivity index (χ4n) is 2.72. The molecule has 1 aliphatic rings. The van der Waals surface area contributed by atoms with Gasteiger partial charge in [0.1, 0.15) is 0 Å². The summed E-state index contributed by atoms with van der Waals surface area (Å²) in [4.78, 5) is 24.4. The molecule has 2 amide bonds. The number of aliphatic carboxylic acids is 1. The molecule has 0 bridgehead atoms. The van der Waals surface area contributed by atoms with Crippen LogP contribution < -0.4 is 5.32 Å². The molecule has 3 N–H and O–H groups in total. The zero-order chi connectivity index (χ0) is 15.7. The summed E-state index contributed by atoms with van der Waals surface area (Å²) in [6, 6.07) is -0.0388. The van der Waals surface area contributed by atoms with E-state index in [9.17, 15) is 9.59 Å². The lowest BCUT2D eigenvalue weighted by atomic mass is 9.95. The minimum absolute atomic E-state index is 0.0388. The SMILES string of the molecule is CC(CCNC(=O)N1CCCC(CCO)C1)CCC(=O)O. The molecule has 1 saturated heterocycles. The van der Waals surface area contributed by atoms with E-state index in [1.807, 2.05) is 11.8 Å². The molecule has 21 heavy (non-hydrogen) atoms. The van der Waals surface area contributed by atoms with Crippen LogP contribution in [0, 0.1) is 11.8 Å². The number of aliphatic hydroxyl groups excluding tert-OH is 1. The Balaban J connectivity index is 2.19. The van der Waals surface area contributed by atoms with Crippen molar-refractivity contribution in [3.8, 4) is 0 Å². The van der Waals surface area contributed by atoms with Gasteiger partial charge < -0.3 is 20.4 Å². The number of carbonyl (C=O) groups is 2. The van der Waals surface area contributed by atoms with Crippen LogP contribution >= 0.6 is 0 Å². The Labute approximate surface area is 126 Å². The highest BCUT2D eigenvalue weighted by Crippen LogP contribution is 2.19. The lowest BCUT2D eigenvalue weighted by molar-refractivity contribution is -0.137. The Morgan fingerprint density at radius 3 is 2.81 bits per heavy atom. The third-order valence-electron chi connectivity index (χ3n) is 4.11. The van der Waals surface area contributed by atoms with Gasteiger partial charge in [-0.25, -0.2) is 4.79 Å². The van der Waals surface area contributed by atoms with Crippen molar-refractivity contribution in [2.75, 3.05) is 26.2 Å². The molecule has 1 fully saturated rings. The van der Waals surface area contributed by atoms with Gasteiger partial charge in [-0.2, -0.15) is 0 Å². The summed E-state index contributed by atoms with van der Waals surface area (Å²) >= 11 is 0. The van der Waals surface area contributed by atoms with E-state index in [1.165, 1.54) is 0 Å². The highest BCUT2D eigenvalue weighted by atomic mass is 16.4. The average molecular weight is 300 g/mol. The van der Waals surface area contributed by atoms with Gasteiger partial charge in [0, 0.05) is 32.7 Å². The number of urea groups is 1. The van der Waals surface area contributed by atoms with Crippen LogP contribution in [0.3, 0.4) is 0 Å². The van der Waals surface area contributed by atoms with Crippen LogP contribution in [-0.4, -0.2) is 53.4 Å². The molecule has 0 spiro atoms. The lowest BCUT2D eigenvalue weighted by Crippen LogP contribution is -2.46. The van der Waals surface area contributed by atoms with Crippen molar-refractivity contribution < 1.29 is 19.8 Å². The predicted molar refractivity (Wildman–Crippen MR) is 80.0 cm³/mol. The average Bonchev–Trinajstić information content (AvgIpc) is 2.45. The van der Waals surface area contributed by atoms with Crippen molar-refractivity contribution in [3.63, 3.8) is 0 Å². The Hall–Kier alpha value is -1.30. The molecule has 1 aliphatic heterocycles. The summed E-state index contributed by atoms with van der Waals surface area (Å²) in [5.74, 6) is -0.0667. The fourth-order valence-corrected chi connectivity index (χ4v) is 2.72. The topological polar surface area (TPSA) is 89.9 Å². The minimum atomic E-state index is -0.769. The Morgan fingerprint density at radius 1 is 1.38 bits per heavy atom. The highest BCUT2D eigenvalue weighted by Gasteiger charge is 2.22. The number of carbonyl (C=O) groups excluding carboxylic acids is 1. The molecule has 6 nitrogen and oxygen atoms in total. The first-order valence-corrected chi connectivity index (χ1v) is 7.88. The lowest BCUT2D eigenvalue weighted by Gasteiger charge is -2.32. The number of amides is 2. The zero-order valence-electron chi connectivity index (χ0n) is 12.9. The second kappa shape index (κ2) is 9.60. The Morgan fingerprint density at radius 2 is 2.14 bits per heavy atom. The van der Waals surface area contributed by atoms with Gasteiger partial charge in [0.05, 0.1) is 0 Å². The number of piperidine rings is 1. The van der Waals surface area contributed by atoms with Crippen LogP contribution in [0.2, 0.25) is 0 Å². The number of carboxylic acids is 1. The van der Waals surface area contributed by atoms with Gasteiger partial charge in [0.15, 0.2) is 0 Å². The van der Waals surface area contributed by atoms with E-state index in [4.69, 9.17) is 10.2 Å². The quantitative estimate of drug-likeness (QED) is 0.636. The van der Waals surface area contributed by atoms with E-state index in [0.717, 1.165) is 38.8 Å². The van der Waals surface area contributed by atoms with Crippen molar-refractivity contribution in [2.45, 2.75) is 45.4 Å². The first-order chi connectivity index (χ1) is 10.0. The van der Waals surface area contributed by atoms with E-state index in [0.29, 0.717) is 24.8 Å². The van der Waals surface area contributed by atoms with Gasteiger partial charge in [-0.15, -0.1) is 0 Å². The normalized spacial score (nSPS) is 20.1. The predicted octanol–water partition coefficient (Wildman–Crippen LogP) is 1.68. The molecule has 2 atom stereocenters. The van der Waals surface area contributed by atoms with E-state index < -0.39 is 5.97 Å². The molecule has 1 rings (SSSR count). The number of hydrogen-bond acceptors (Lipinski definition) is 3. The maximum absolute atomic E-state index is 12.1. The van der Waals surface area contributed by atoms with Crippen molar-refractivity contribution in [1.82, 2.24) is 10.2 Å². The summed E-state index contributed by atoms with van der Waals surface area (Å²) in [7, 11) is 0. The van der Waals surface area contributed by atoms with E-state index >= 15 is 0 Å². The van der Waals surface area contributed by atoms with Crippen LogP contribution in [0.1, 0.15) is 45.4 Å². The molecular weight excluding hydrogens is 272 g/mol. The Bertz CT molecular complexity index is 334. The zero-order valence-corrected chi connectivity index (χ0v) is 12.9. The maximum atomic E-state index is 12.1. The third-order valence-corrected chi connectivity index (χ3v) is 4.11. The highest BCUT2D eigenvalue weighted by molar-refractivity contribution is 5.74. The van der Waals surface area contributed by atoms with Crippen LogP contribution in [0.25, 0.3) is 0 Å². The molecule has 2 unspecified atom stereocenters. The van der Waals surface area contributed by atoms with Gasteiger partial charge in [-0.05, 0) is 43.9 Å². The molecule has 0 aromatic heterocycles. The van der Waals surface area contributed by atoms with Gasteiger partial charge >= 0.3 is 12.0 Å². The van der Waals surface area contributed by atoms with Crippen molar-refractivity contribution in [2.24, 2.45) is 11.8 Å². The first kappa shape index (κ1) is 17.8. The molecule has 0 aliphatic carbocycles.